The van der Waals surface area contributed by atoms with Crippen LogP contribution in [0.15, 0.2) is 24.3 Å². The number of carboxylic acid groups (broad SMARTS) is 1. The Morgan fingerprint density at radius 3 is 2.71 bits per heavy atom. The Bertz CT molecular complexity index is 1490. The van der Waals surface area contributed by atoms with E-state index in [0.717, 1.165) is 60.3 Å². The van der Waals surface area contributed by atoms with Crippen molar-refractivity contribution in [2.75, 3.05) is 43.5 Å². The Morgan fingerprint density at radius 2 is 2.00 bits per heavy atom. The van der Waals surface area contributed by atoms with Crippen molar-refractivity contribution in [3.8, 4) is 5.75 Å². The zero-order chi connectivity index (χ0) is 30.0. The quantitative estimate of drug-likeness (QED) is 0.274. The lowest BCUT2D eigenvalue weighted by Gasteiger charge is -2.29. The predicted octanol–water partition coefficient (Wildman–Crippen LogP) is 4.53. The summed E-state index contributed by atoms with van der Waals surface area (Å²) in [7, 11) is 1.40. The number of aromatic nitrogens is 2. The molecule has 2 atom stereocenters. The SMILES string of the molecule is COc1cc(C(C)NC(=O)c2c(NCCC(=O)O)nc3c(C4CC4)nc(C)cc3c2N2CCN[C@@H](C)CC2)ccc1F. The van der Waals surface area contributed by atoms with Gasteiger partial charge < -0.3 is 30.7 Å². The third-order valence-electron chi connectivity index (χ3n) is 7.97. The number of carbonyl (C=O) groups is 2. The number of anilines is 2. The Morgan fingerprint density at radius 1 is 1.21 bits per heavy atom. The standard InChI is InChI=1S/C31H39FN6O4/c1-17-10-13-38(14-12-33-17)29-22-15-18(2)35-27(20-5-6-20)28(22)37-30(34-11-9-25(39)40)26(29)31(41)36-19(3)21-7-8-23(32)24(16-21)42-4/h7-8,15-17,19-20,33H,5-6,9-14H2,1-4H3,(H,34,37)(H,36,41)(H,39,40)/t17-,19?/m0/s1. The molecule has 1 aliphatic heterocycles. The number of ether oxygens (including phenoxy) is 1. The van der Waals surface area contributed by atoms with E-state index in [1.165, 1.54) is 13.2 Å². The van der Waals surface area contributed by atoms with Crippen LogP contribution in [0.3, 0.4) is 0 Å². The third kappa shape index (κ3) is 6.41. The number of amides is 1. The number of carbonyl (C=O) groups excluding carboxylic acids is 1. The first kappa shape index (κ1) is 29.5. The molecular formula is C31H39FN6O4. The first-order chi connectivity index (χ1) is 20.2. The van der Waals surface area contributed by atoms with E-state index in [9.17, 15) is 19.1 Å². The van der Waals surface area contributed by atoms with E-state index in [2.05, 4.69) is 27.8 Å². The Labute approximate surface area is 245 Å². The highest BCUT2D eigenvalue weighted by atomic mass is 19.1. The van der Waals surface area contributed by atoms with Crippen LogP contribution in [-0.4, -0.2) is 66.3 Å². The van der Waals surface area contributed by atoms with Crippen molar-refractivity contribution in [1.29, 1.82) is 0 Å². The van der Waals surface area contributed by atoms with Crippen molar-refractivity contribution in [2.45, 2.75) is 64.5 Å². The van der Waals surface area contributed by atoms with Crippen LogP contribution in [0.1, 0.15) is 78.8 Å². The van der Waals surface area contributed by atoms with Crippen LogP contribution in [-0.2, 0) is 4.79 Å². The summed E-state index contributed by atoms with van der Waals surface area (Å²) in [5, 5.41) is 20.0. The van der Waals surface area contributed by atoms with Gasteiger partial charge in [-0.25, -0.2) is 9.37 Å². The fraction of sp³-hybridized carbons (Fsp3) is 0.484. The molecule has 3 heterocycles. The lowest BCUT2D eigenvalue weighted by Crippen LogP contribution is -2.34. The number of benzene rings is 1. The van der Waals surface area contributed by atoms with Crippen LogP contribution in [0.5, 0.6) is 5.75 Å². The smallest absolute Gasteiger partial charge is 0.305 e. The first-order valence-corrected chi connectivity index (χ1v) is 14.6. The minimum absolute atomic E-state index is 0.0967. The normalized spacial score (nSPS) is 17.9. The number of carboxylic acids is 1. The second-order valence-corrected chi connectivity index (χ2v) is 11.3. The van der Waals surface area contributed by atoms with E-state index >= 15 is 0 Å². The number of methoxy groups -OCH3 is 1. The van der Waals surface area contributed by atoms with E-state index in [1.54, 1.807) is 12.1 Å². The Kier molecular flexibility index (Phi) is 8.77. The van der Waals surface area contributed by atoms with E-state index < -0.39 is 17.8 Å². The van der Waals surface area contributed by atoms with Crippen molar-refractivity contribution in [1.82, 2.24) is 20.6 Å². The second kappa shape index (κ2) is 12.5. The summed E-state index contributed by atoms with van der Waals surface area (Å²) in [4.78, 5) is 37.7. The van der Waals surface area contributed by atoms with Crippen molar-refractivity contribution < 1.29 is 23.8 Å². The average molecular weight is 579 g/mol. The molecule has 1 saturated carbocycles. The van der Waals surface area contributed by atoms with Crippen molar-refractivity contribution in [3.63, 3.8) is 0 Å². The number of fused-ring (bicyclic) bond motifs is 1. The Hall–Kier alpha value is -3.99. The van der Waals surface area contributed by atoms with E-state index in [1.807, 2.05) is 19.9 Å². The first-order valence-electron chi connectivity index (χ1n) is 14.6. The number of aliphatic carboxylic acids is 1. The number of pyridine rings is 2. The maximum atomic E-state index is 14.3. The third-order valence-corrected chi connectivity index (χ3v) is 7.97. The van der Waals surface area contributed by atoms with Gasteiger partial charge in [-0.1, -0.05) is 6.07 Å². The molecular weight excluding hydrogens is 539 g/mol. The van der Waals surface area contributed by atoms with E-state index in [0.29, 0.717) is 35.4 Å². The van der Waals surface area contributed by atoms with Gasteiger partial charge in [0.1, 0.15) is 11.4 Å². The molecule has 5 rings (SSSR count). The van der Waals surface area contributed by atoms with Gasteiger partial charge in [0.15, 0.2) is 11.6 Å². The largest absolute Gasteiger partial charge is 0.494 e. The van der Waals surface area contributed by atoms with Crippen LogP contribution in [0.2, 0.25) is 0 Å². The molecule has 4 N–H and O–H groups in total. The molecule has 224 valence electrons. The molecule has 3 aromatic rings. The molecule has 1 saturated heterocycles. The summed E-state index contributed by atoms with van der Waals surface area (Å²) < 4.78 is 19.2. The molecule has 1 aliphatic carbocycles. The molecule has 42 heavy (non-hydrogen) atoms. The summed E-state index contributed by atoms with van der Waals surface area (Å²) in [5.74, 6) is -1.04. The number of nitrogens with one attached hydrogen (secondary N) is 3. The molecule has 0 bridgehead atoms. The molecule has 10 nitrogen and oxygen atoms in total. The minimum Gasteiger partial charge on any atom is -0.494 e. The van der Waals surface area contributed by atoms with Crippen LogP contribution in [0.25, 0.3) is 10.9 Å². The van der Waals surface area contributed by atoms with Gasteiger partial charge in [-0.15, -0.1) is 0 Å². The highest BCUT2D eigenvalue weighted by molar-refractivity contribution is 6.12. The predicted molar refractivity (Wildman–Crippen MR) is 160 cm³/mol. The fourth-order valence-electron chi connectivity index (χ4n) is 5.53. The average Bonchev–Trinajstić information content (AvgIpc) is 3.81. The summed E-state index contributed by atoms with van der Waals surface area (Å²) in [6.45, 7) is 8.21. The van der Waals surface area contributed by atoms with Crippen LogP contribution < -0.4 is 25.6 Å². The van der Waals surface area contributed by atoms with Gasteiger partial charge in [0, 0.05) is 49.2 Å². The van der Waals surface area contributed by atoms with Gasteiger partial charge in [-0.3, -0.25) is 14.6 Å². The Balaban J connectivity index is 1.65. The summed E-state index contributed by atoms with van der Waals surface area (Å²) in [5.41, 5.74) is 4.33. The number of nitrogens with zero attached hydrogens (tertiary/aromatic N) is 3. The van der Waals surface area contributed by atoms with E-state index in [4.69, 9.17) is 14.7 Å². The van der Waals surface area contributed by atoms with Gasteiger partial charge in [0.25, 0.3) is 5.91 Å². The second-order valence-electron chi connectivity index (χ2n) is 11.3. The number of aryl methyl sites for hydroxylation is 1. The van der Waals surface area contributed by atoms with Crippen molar-refractivity contribution >= 4 is 34.3 Å². The molecule has 2 aromatic heterocycles. The number of rotatable bonds is 10. The van der Waals surface area contributed by atoms with Gasteiger partial charge >= 0.3 is 5.97 Å². The summed E-state index contributed by atoms with van der Waals surface area (Å²) in [6.07, 6.45) is 2.83. The van der Waals surface area contributed by atoms with Crippen molar-refractivity contribution in [2.24, 2.45) is 0 Å². The maximum Gasteiger partial charge on any atom is 0.305 e. The fourth-order valence-corrected chi connectivity index (χ4v) is 5.53. The lowest BCUT2D eigenvalue weighted by molar-refractivity contribution is -0.136. The van der Waals surface area contributed by atoms with Gasteiger partial charge in [0.2, 0.25) is 0 Å². The van der Waals surface area contributed by atoms with E-state index in [-0.39, 0.29) is 24.6 Å². The number of halogens is 1. The van der Waals surface area contributed by atoms with Crippen LogP contribution in [0.4, 0.5) is 15.9 Å². The van der Waals surface area contributed by atoms with Gasteiger partial charge in [-0.2, -0.15) is 0 Å². The highest BCUT2D eigenvalue weighted by Gasteiger charge is 2.33. The molecule has 1 aromatic carbocycles. The number of hydrogen-bond donors (Lipinski definition) is 4. The summed E-state index contributed by atoms with van der Waals surface area (Å²) >= 11 is 0. The molecule has 0 spiro atoms. The number of hydrogen-bond acceptors (Lipinski definition) is 8. The maximum absolute atomic E-state index is 14.3. The van der Waals surface area contributed by atoms with Gasteiger partial charge in [0.05, 0.1) is 36.5 Å². The highest BCUT2D eigenvalue weighted by Crippen LogP contribution is 2.45. The molecule has 1 unspecified atom stereocenters. The van der Waals surface area contributed by atoms with Crippen molar-refractivity contribution in [3.05, 3.63) is 52.6 Å². The molecule has 0 radical (unpaired) electrons. The molecule has 2 aliphatic rings. The monoisotopic (exact) mass is 578 g/mol. The molecule has 11 heteroatoms. The lowest BCUT2D eigenvalue weighted by atomic mass is 10.0. The van der Waals surface area contributed by atoms with Crippen LogP contribution in [0, 0.1) is 12.7 Å². The summed E-state index contributed by atoms with van der Waals surface area (Å²) in [6, 6.07) is 6.36. The minimum atomic E-state index is -0.947. The molecule has 1 amide bonds. The van der Waals surface area contributed by atoms with Gasteiger partial charge in [-0.05, 0) is 63.8 Å². The zero-order valence-corrected chi connectivity index (χ0v) is 24.6. The molecule has 2 fully saturated rings. The topological polar surface area (TPSA) is 129 Å². The van der Waals surface area contributed by atoms with Crippen LogP contribution >= 0.6 is 0 Å². The zero-order valence-electron chi connectivity index (χ0n) is 24.6.